The van der Waals surface area contributed by atoms with E-state index in [1.165, 1.54) is 6.92 Å². The van der Waals surface area contributed by atoms with E-state index in [4.69, 9.17) is 4.74 Å². The summed E-state index contributed by atoms with van der Waals surface area (Å²) in [7, 11) is 0. The van der Waals surface area contributed by atoms with Gasteiger partial charge >= 0.3 is 5.97 Å². The molecule has 0 fully saturated rings. The first-order valence-corrected chi connectivity index (χ1v) is 5.29. The lowest BCUT2D eigenvalue weighted by molar-refractivity contribution is -0.165. The molecule has 0 saturated carbocycles. The summed E-state index contributed by atoms with van der Waals surface area (Å²) in [6.07, 6.45) is 2.28. The van der Waals surface area contributed by atoms with Crippen molar-refractivity contribution in [3.8, 4) is 0 Å². The second kappa shape index (κ2) is 6.02. The van der Waals surface area contributed by atoms with Gasteiger partial charge in [0, 0.05) is 0 Å². The molecule has 0 radical (unpaired) electrons. The van der Waals surface area contributed by atoms with Crippen molar-refractivity contribution >= 4 is 5.97 Å². The number of ether oxygens (including phenoxy) is 1. The number of hydrogen-bond acceptors (Lipinski definition) is 3. The monoisotopic (exact) mass is 202 g/mol. The van der Waals surface area contributed by atoms with Crippen molar-refractivity contribution in [1.29, 1.82) is 0 Å². The van der Waals surface area contributed by atoms with Gasteiger partial charge in [-0.2, -0.15) is 0 Å². The Hall–Kier alpha value is -0.570. The van der Waals surface area contributed by atoms with Crippen molar-refractivity contribution in [1.82, 2.24) is 0 Å². The normalized spacial score (nSPS) is 15.3. The molecule has 1 unspecified atom stereocenters. The lowest BCUT2D eigenvalue weighted by atomic mass is 9.94. The Morgan fingerprint density at radius 3 is 2.50 bits per heavy atom. The van der Waals surface area contributed by atoms with Crippen molar-refractivity contribution in [3.63, 3.8) is 0 Å². The number of rotatable bonds is 6. The molecule has 0 aliphatic heterocycles. The van der Waals surface area contributed by atoms with Gasteiger partial charge in [0.15, 0.2) is 5.60 Å². The Balaban J connectivity index is 3.95. The molecule has 3 heteroatoms. The summed E-state index contributed by atoms with van der Waals surface area (Å²) in [5.74, 6) is -0.219. The lowest BCUT2D eigenvalue weighted by Crippen LogP contribution is -2.38. The number of carbonyl (C=O) groups is 1. The zero-order valence-electron chi connectivity index (χ0n) is 9.67. The minimum absolute atomic E-state index is 0.281. The highest BCUT2D eigenvalue weighted by Gasteiger charge is 2.32. The largest absolute Gasteiger partial charge is 0.464 e. The van der Waals surface area contributed by atoms with Crippen LogP contribution in [-0.4, -0.2) is 23.3 Å². The van der Waals surface area contributed by atoms with Crippen LogP contribution in [0.4, 0.5) is 0 Å². The third-order valence-corrected chi connectivity index (χ3v) is 1.98. The highest BCUT2D eigenvalue weighted by Crippen LogP contribution is 2.17. The van der Waals surface area contributed by atoms with Gasteiger partial charge in [-0.15, -0.1) is 0 Å². The van der Waals surface area contributed by atoms with Crippen molar-refractivity contribution in [2.45, 2.75) is 52.6 Å². The topological polar surface area (TPSA) is 46.5 Å². The molecule has 0 rings (SSSR count). The number of aliphatic hydroxyl groups is 1. The van der Waals surface area contributed by atoms with E-state index >= 15 is 0 Å². The Labute approximate surface area is 86.5 Å². The van der Waals surface area contributed by atoms with Gasteiger partial charge in [-0.25, -0.2) is 4.79 Å². The molecule has 0 aromatic rings. The number of carbonyl (C=O) groups excluding carboxylic acids is 1. The van der Waals surface area contributed by atoms with Gasteiger partial charge < -0.3 is 9.84 Å². The summed E-state index contributed by atoms with van der Waals surface area (Å²) in [6.45, 7) is 7.88. The van der Waals surface area contributed by atoms with E-state index in [1.807, 2.05) is 20.8 Å². The van der Waals surface area contributed by atoms with E-state index in [2.05, 4.69) is 0 Å². The summed E-state index contributed by atoms with van der Waals surface area (Å²) in [5, 5.41) is 9.78. The Morgan fingerprint density at radius 2 is 2.07 bits per heavy atom. The van der Waals surface area contributed by atoms with Crippen molar-refractivity contribution in [3.05, 3.63) is 0 Å². The van der Waals surface area contributed by atoms with Crippen LogP contribution < -0.4 is 0 Å². The van der Waals surface area contributed by atoms with Gasteiger partial charge in [-0.3, -0.25) is 0 Å². The Kier molecular flexibility index (Phi) is 5.77. The fourth-order valence-electron chi connectivity index (χ4n) is 1.34. The molecule has 1 N–H and O–H groups in total. The van der Waals surface area contributed by atoms with Gasteiger partial charge in [-0.05, 0) is 25.7 Å². The molecule has 0 aliphatic carbocycles. The SMILES string of the molecule is CCCCOC(=O)C(C)(O)CC(C)C. The van der Waals surface area contributed by atoms with Crippen LogP contribution in [0.25, 0.3) is 0 Å². The van der Waals surface area contributed by atoms with E-state index in [0.717, 1.165) is 12.8 Å². The van der Waals surface area contributed by atoms with Gasteiger partial charge in [-0.1, -0.05) is 27.2 Å². The van der Waals surface area contributed by atoms with E-state index in [9.17, 15) is 9.90 Å². The average Bonchev–Trinajstić information content (AvgIpc) is 2.02. The zero-order valence-corrected chi connectivity index (χ0v) is 9.67. The fourth-order valence-corrected chi connectivity index (χ4v) is 1.34. The van der Waals surface area contributed by atoms with Crippen molar-refractivity contribution < 1.29 is 14.6 Å². The maximum absolute atomic E-state index is 11.4. The van der Waals surface area contributed by atoms with Crippen LogP contribution in [0.5, 0.6) is 0 Å². The van der Waals surface area contributed by atoms with Crippen molar-refractivity contribution in [2.24, 2.45) is 5.92 Å². The number of unbranched alkanes of at least 4 members (excludes halogenated alkanes) is 1. The summed E-state index contributed by atoms with van der Waals surface area (Å²) in [4.78, 5) is 11.4. The first-order chi connectivity index (χ1) is 6.40. The molecule has 0 amide bonds. The highest BCUT2D eigenvalue weighted by atomic mass is 16.5. The van der Waals surface area contributed by atoms with Gasteiger partial charge in [0.1, 0.15) is 0 Å². The molecule has 0 aromatic carbocycles. The number of hydrogen-bond donors (Lipinski definition) is 1. The molecule has 1 atom stereocenters. The van der Waals surface area contributed by atoms with Gasteiger partial charge in [0.25, 0.3) is 0 Å². The summed E-state index contributed by atoms with van der Waals surface area (Å²) < 4.78 is 4.96. The van der Waals surface area contributed by atoms with Gasteiger partial charge in [0.2, 0.25) is 0 Å². The minimum atomic E-state index is -1.33. The van der Waals surface area contributed by atoms with Crippen LogP contribution >= 0.6 is 0 Å². The second-order valence-electron chi connectivity index (χ2n) is 4.36. The average molecular weight is 202 g/mol. The van der Waals surface area contributed by atoms with Crippen LogP contribution in [0.3, 0.4) is 0 Å². The lowest BCUT2D eigenvalue weighted by Gasteiger charge is -2.22. The van der Waals surface area contributed by atoms with E-state index in [0.29, 0.717) is 13.0 Å². The van der Waals surface area contributed by atoms with Crippen LogP contribution in [-0.2, 0) is 9.53 Å². The molecular weight excluding hydrogens is 180 g/mol. The first-order valence-electron chi connectivity index (χ1n) is 5.29. The third-order valence-electron chi connectivity index (χ3n) is 1.98. The fraction of sp³-hybridized carbons (Fsp3) is 0.909. The molecule has 0 bridgehead atoms. The van der Waals surface area contributed by atoms with Crippen molar-refractivity contribution in [2.75, 3.05) is 6.61 Å². The third kappa shape index (κ3) is 5.22. The maximum atomic E-state index is 11.4. The van der Waals surface area contributed by atoms with Crippen LogP contribution in [0.1, 0.15) is 47.0 Å². The molecule has 0 aromatic heterocycles. The summed E-state index contributed by atoms with van der Waals surface area (Å²) in [5.41, 5.74) is -1.33. The van der Waals surface area contributed by atoms with Crippen LogP contribution in [0.2, 0.25) is 0 Å². The standard InChI is InChI=1S/C11H22O3/c1-5-6-7-14-10(12)11(4,13)8-9(2)3/h9,13H,5-8H2,1-4H3. The molecule has 0 heterocycles. The second-order valence-corrected chi connectivity index (χ2v) is 4.36. The van der Waals surface area contributed by atoms with E-state index < -0.39 is 11.6 Å². The predicted octanol–water partition coefficient (Wildman–Crippen LogP) is 2.13. The molecule has 3 nitrogen and oxygen atoms in total. The van der Waals surface area contributed by atoms with E-state index in [-0.39, 0.29) is 5.92 Å². The zero-order chi connectivity index (χ0) is 11.2. The molecule has 0 spiro atoms. The summed E-state index contributed by atoms with van der Waals surface area (Å²) >= 11 is 0. The Morgan fingerprint density at radius 1 is 1.50 bits per heavy atom. The van der Waals surface area contributed by atoms with Crippen LogP contribution in [0.15, 0.2) is 0 Å². The molecule has 0 aliphatic rings. The molecule has 0 saturated heterocycles. The molecule has 84 valence electrons. The quantitative estimate of drug-likeness (QED) is 0.530. The van der Waals surface area contributed by atoms with E-state index in [1.54, 1.807) is 0 Å². The molecule has 14 heavy (non-hydrogen) atoms. The predicted molar refractivity (Wildman–Crippen MR) is 55.9 cm³/mol. The minimum Gasteiger partial charge on any atom is -0.464 e. The smallest absolute Gasteiger partial charge is 0.337 e. The summed E-state index contributed by atoms with van der Waals surface area (Å²) in [6, 6.07) is 0. The molecular formula is C11H22O3. The Bertz CT molecular complexity index is 173. The van der Waals surface area contributed by atoms with Crippen LogP contribution in [0, 0.1) is 5.92 Å². The van der Waals surface area contributed by atoms with Gasteiger partial charge in [0.05, 0.1) is 6.61 Å². The maximum Gasteiger partial charge on any atom is 0.337 e. The number of esters is 1. The first kappa shape index (κ1) is 13.4. The highest BCUT2D eigenvalue weighted by molar-refractivity contribution is 5.78.